The molecule has 1 aliphatic carbocycles. The van der Waals surface area contributed by atoms with Crippen molar-refractivity contribution < 1.29 is 19.8 Å². The van der Waals surface area contributed by atoms with Gasteiger partial charge in [-0.2, -0.15) is 0 Å². The Balaban J connectivity index is 1.77. The first-order valence-electron chi connectivity index (χ1n) is 7.75. The number of hydrogen-bond donors (Lipinski definition) is 2. The molecule has 1 fully saturated rings. The van der Waals surface area contributed by atoms with E-state index in [1.807, 2.05) is 24.3 Å². The van der Waals surface area contributed by atoms with E-state index in [0.717, 1.165) is 11.1 Å². The van der Waals surface area contributed by atoms with Gasteiger partial charge in [0.05, 0.1) is 5.92 Å². The standard InChI is InChI=1S/C19H17ClO4/c20-15-7-5-12(6-8-15)11-1-3-13(4-2-11)18(22)16-9-14(10-21)17(16)19(23)24/h1-8,14,16-17,21H,9-10H2,(H,23,24)/t14-,16-,17-/m0/s1. The van der Waals surface area contributed by atoms with E-state index in [1.54, 1.807) is 24.3 Å². The number of rotatable bonds is 5. The number of Topliss-reactive ketones (excluding diaryl/α,β-unsaturated/α-hetero) is 1. The minimum absolute atomic E-state index is 0.172. The van der Waals surface area contributed by atoms with Crippen LogP contribution in [0.4, 0.5) is 0 Å². The molecule has 0 amide bonds. The highest BCUT2D eigenvalue weighted by atomic mass is 35.5. The Morgan fingerprint density at radius 1 is 1.00 bits per heavy atom. The second-order valence-corrected chi connectivity index (χ2v) is 6.53. The minimum Gasteiger partial charge on any atom is -0.481 e. The smallest absolute Gasteiger partial charge is 0.307 e. The first kappa shape index (κ1) is 16.7. The van der Waals surface area contributed by atoms with Crippen molar-refractivity contribution in [1.29, 1.82) is 0 Å². The summed E-state index contributed by atoms with van der Waals surface area (Å²) < 4.78 is 0. The molecule has 3 rings (SSSR count). The number of carbonyl (C=O) groups excluding carboxylic acids is 1. The predicted octanol–water partition coefficient (Wildman–Crippen LogP) is 3.52. The third kappa shape index (κ3) is 3.07. The van der Waals surface area contributed by atoms with Crippen molar-refractivity contribution in [3.63, 3.8) is 0 Å². The number of ketones is 1. The van der Waals surface area contributed by atoms with Gasteiger partial charge in [0, 0.05) is 23.1 Å². The lowest BCUT2D eigenvalue weighted by Crippen LogP contribution is -2.47. The molecular weight excluding hydrogens is 328 g/mol. The second kappa shape index (κ2) is 6.75. The Morgan fingerprint density at radius 3 is 2.04 bits per heavy atom. The van der Waals surface area contributed by atoms with Crippen molar-refractivity contribution in [2.45, 2.75) is 6.42 Å². The number of carbonyl (C=O) groups is 2. The van der Waals surface area contributed by atoms with Crippen LogP contribution in [-0.4, -0.2) is 28.6 Å². The molecule has 1 saturated carbocycles. The Kier molecular flexibility index (Phi) is 4.69. The molecule has 4 nitrogen and oxygen atoms in total. The van der Waals surface area contributed by atoms with Gasteiger partial charge in [0.25, 0.3) is 0 Å². The number of hydrogen-bond acceptors (Lipinski definition) is 3. The third-order valence-corrected chi connectivity index (χ3v) is 4.95. The summed E-state index contributed by atoms with van der Waals surface area (Å²) >= 11 is 5.88. The van der Waals surface area contributed by atoms with Crippen LogP contribution in [0.5, 0.6) is 0 Å². The lowest BCUT2D eigenvalue weighted by atomic mass is 9.62. The molecule has 0 bridgehead atoms. The zero-order valence-corrected chi connectivity index (χ0v) is 13.6. The molecule has 0 radical (unpaired) electrons. The fourth-order valence-electron chi connectivity index (χ4n) is 3.27. The summed E-state index contributed by atoms with van der Waals surface area (Å²) in [5, 5.41) is 19.1. The highest BCUT2D eigenvalue weighted by Crippen LogP contribution is 2.42. The van der Waals surface area contributed by atoms with Gasteiger partial charge in [-0.05, 0) is 35.6 Å². The van der Waals surface area contributed by atoms with Crippen LogP contribution >= 0.6 is 11.6 Å². The van der Waals surface area contributed by atoms with Crippen molar-refractivity contribution in [3.05, 3.63) is 59.1 Å². The molecule has 0 heterocycles. The van der Waals surface area contributed by atoms with Crippen LogP contribution < -0.4 is 0 Å². The van der Waals surface area contributed by atoms with Crippen molar-refractivity contribution in [2.24, 2.45) is 17.8 Å². The Bertz CT molecular complexity index is 752. The van der Waals surface area contributed by atoms with Crippen LogP contribution in [0, 0.1) is 17.8 Å². The number of aliphatic hydroxyl groups is 1. The van der Waals surface area contributed by atoms with Gasteiger partial charge in [-0.15, -0.1) is 0 Å². The SMILES string of the molecule is O=C(O)[C@H]1[C@H](CO)C[C@@H]1C(=O)c1ccc(-c2ccc(Cl)cc2)cc1. The Hall–Kier alpha value is -2.17. The van der Waals surface area contributed by atoms with E-state index in [9.17, 15) is 19.8 Å². The lowest BCUT2D eigenvalue weighted by Gasteiger charge is -2.40. The quantitative estimate of drug-likeness (QED) is 0.814. The van der Waals surface area contributed by atoms with E-state index in [-0.39, 0.29) is 18.3 Å². The molecule has 0 spiro atoms. The fraction of sp³-hybridized carbons (Fsp3) is 0.263. The van der Waals surface area contributed by atoms with E-state index in [1.165, 1.54) is 0 Å². The molecule has 2 N–H and O–H groups in total. The first-order valence-corrected chi connectivity index (χ1v) is 8.13. The number of benzene rings is 2. The van der Waals surface area contributed by atoms with Crippen molar-refractivity contribution >= 4 is 23.4 Å². The summed E-state index contributed by atoms with van der Waals surface area (Å²) in [6, 6.07) is 14.5. The van der Waals surface area contributed by atoms with Gasteiger partial charge in [0.1, 0.15) is 0 Å². The molecule has 0 unspecified atom stereocenters. The normalized spacial score (nSPS) is 22.7. The number of carboxylic acid groups (broad SMARTS) is 1. The molecule has 124 valence electrons. The average molecular weight is 345 g/mol. The topological polar surface area (TPSA) is 74.6 Å². The summed E-state index contributed by atoms with van der Waals surface area (Å²) in [7, 11) is 0. The largest absolute Gasteiger partial charge is 0.481 e. The van der Waals surface area contributed by atoms with Crippen LogP contribution in [-0.2, 0) is 4.79 Å². The first-order chi connectivity index (χ1) is 11.5. The molecule has 2 aromatic carbocycles. The molecule has 24 heavy (non-hydrogen) atoms. The van der Waals surface area contributed by atoms with Crippen LogP contribution in [0.25, 0.3) is 11.1 Å². The molecule has 1 aliphatic rings. The molecule has 0 aromatic heterocycles. The molecule has 3 atom stereocenters. The van der Waals surface area contributed by atoms with Gasteiger partial charge < -0.3 is 10.2 Å². The maximum absolute atomic E-state index is 12.5. The molecular formula is C19H17ClO4. The monoisotopic (exact) mass is 344 g/mol. The van der Waals surface area contributed by atoms with Gasteiger partial charge in [-0.25, -0.2) is 0 Å². The summed E-state index contributed by atoms with van der Waals surface area (Å²) in [6.07, 6.45) is 0.422. The number of aliphatic carboxylic acids is 1. The Labute approximate surface area is 144 Å². The molecule has 0 saturated heterocycles. The lowest BCUT2D eigenvalue weighted by molar-refractivity contribution is -0.152. The van der Waals surface area contributed by atoms with Gasteiger partial charge in [0.15, 0.2) is 5.78 Å². The summed E-state index contributed by atoms with van der Waals surface area (Å²) in [6.45, 7) is -0.198. The van der Waals surface area contributed by atoms with Gasteiger partial charge in [0.2, 0.25) is 0 Å². The number of aliphatic hydroxyl groups excluding tert-OH is 1. The minimum atomic E-state index is -1.02. The van der Waals surface area contributed by atoms with Crippen molar-refractivity contribution in [1.82, 2.24) is 0 Å². The summed E-state index contributed by atoms with van der Waals surface area (Å²) in [4.78, 5) is 23.8. The van der Waals surface area contributed by atoms with Crippen LogP contribution in [0.1, 0.15) is 16.8 Å². The highest BCUT2D eigenvalue weighted by molar-refractivity contribution is 6.30. The zero-order valence-electron chi connectivity index (χ0n) is 12.9. The van der Waals surface area contributed by atoms with E-state index in [4.69, 9.17) is 11.6 Å². The van der Waals surface area contributed by atoms with Crippen LogP contribution in [0.15, 0.2) is 48.5 Å². The maximum Gasteiger partial charge on any atom is 0.307 e. The van der Waals surface area contributed by atoms with Crippen LogP contribution in [0.3, 0.4) is 0 Å². The van der Waals surface area contributed by atoms with Crippen molar-refractivity contribution in [3.8, 4) is 11.1 Å². The van der Waals surface area contributed by atoms with E-state index < -0.39 is 17.8 Å². The summed E-state index contributed by atoms with van der Waals surface area (Å²) in [5.41, 5.74) is 2.45. The third-order valence-electron chi connectivity index (χ3n) is 4.70. The van der Waals surface area contributed by atoms with Gasteiger partial charge in [-0.1, -0.05) is 48.0 Å². The van der Waals surface area contributed by atoms with Gasteiger partial charge >= 0.3 is 5.97 Å². The molecule has 0 aliphatic heterocycles. The van der Waals surface area contributed by atoms with Gasteiger partial charge in [-0.3, -0.25) is 9.59 Å². The highest BCUT2D eigenvalue weighted by Gasteiger charge is 2.49. The van der Waals surface area contributed by atoms with E-state index in [0.29, 0.717) is 17.0 Å². The van der Waals surface area contributed by atoms with Crippen LogP contribution in [0.2, 0.25) is 5.02 Å². The maximum atomic E-state index is 12.5. The number of carboxylic acids is 1. The molecule has 5 heteroatoms. The number of halogens is 1. The molecule has 2 aromatic rings. The van der Waals surface area contributed by atoms with Crippen molar-refractivity contribution in [2.75, 3.05) is 6.61 Å². The predicted molar refractivity (Wildman–Crippen MR) is 91.0 cm³/mol. The zero-order chi connectivity index (χ0) is 17.3. The average Bonchev–Trinajstić information content (AvgIpc) is 2.54. The van der Waals surface area contributed by atoms with E-state index >= 15 is 0 Å². The van der Waals surface area contributed by atoms with E-state index in [2.05, 4.69) is 0 Å². The second-order valence-electron chi connectivity index (χ2n) is 6.10. The Morgan fingerprint density at radius 2 is 1.54 bits per heavy atom. The summed E-state index contributed by atoms with van der Waals surface area (Å²) in [5.74, 6) is -2.87. The fourth-order valence-corrected chi connectivity index (χ4v) is 3.39.